The molecule has 2 unspecified atom stereocenters. The minimum absolute atomic E-state index is 0.265. The van der Waals surface area contributed by atoms with Crippen LogP contribution in [0.25, 0.3) is 0 Å². The van der Waals surface area contributed by atoms with Gasteiger partial charge in [0, 0.05) is 31.2 Å². The SMILES string of the molecule is CCC(C)(C)NCCN1CC(C)OCC1C. The first kappa shape index (κ1) is 13.9. The Morgan fingerprint density at radius 3 is 2.69 bits per heavy atom. The summed E-state index contributed by atoms with van der Waals surface area (Å²) in [4.78, 5) is 2.52. The monoisotopic (exact) mass is 228 g/mol. The molecule has 0 bridgehead atoms. The van der Waals surface area contributed by atoms with Crippen LogP contribution in [0, 0.1) is 0 Å². The molecule has 3 heteroatoms. The van der Waals surface area contributed by atoms with Crippen molar-refractivity contribution in [3.05, 3.63) is 0 Å². The van der Waals surface area contributed by atoms with Crippen LogP contribution in [-0.2, 0) is 4.74 Å². The smallest absolute Gasteiger partial charge is 0.0674 e. The van der Waals surface area contributed by atoms with E-state index in [-0.39, 0.29) is 5.54 Å². The maximum Gasteiger partial charge on any atom is 0.0674 e. The van der Waals surface area contributed by atoms with Gasteiger partial charge >= 0.3 is 0 Å². The summed E-state index contributed by atoms with van der Waals surface area (Å²) >= 11 is 0. The van der Waals surface area contributed by atoms with Gasteiger partial charge in [-0.15, -0.1) is 0 Å². The van der Waals surface area contributed by atoms with Gasteiger partial charge in [0.15, 0.2) is 0 Å². The van der Waals surface area contributed by atoms with Crippen LogP contribution in [0.3, 0.4) is 0 Å². The number of hydrogen-bond donors (Lipinski definition) is 1. The summed E-state index contributed by atoms with van der Waals surface area (Å²) < 4.78 is 5.63. The summed E-state index contributed by atoms with van der Waals surface area (Å²) in [5, 5.41) is 3.61. The highest BCUT2D eigenvalue weighted by molar-refractivity contribution is 4.79. The molecule has 1 aliphatic heterocycles. The fraction of sp³-hybridized carbons (Fsp3) is 1.00. The summed E-state index contributed by atoms with van der Waals surface area (Å²) in [6, 6.07) is 0.558. The van der Waals surface area contributed by atoms with Crippen molar-refractivity contribution in [1.82, 2.24) is 10.2 Å². The molecule has 1 heterocycles. The van der Waals surface area contributed by atoms with Crippen LogP contribution in [0.4, 0.5) is 0 Å². The van der Waals surface area contributed by atoms with E-state index in [2.05, 4.69) is 44.8 Å². The first-order valence-electron chi connectivity index (χ1n) is 6.55. The van der Waals surface area contributed by atoms with Gasteiger partial charge in [0.25, 0.3) is 0 Å². The van der Waals surface area contributed by atoms with Crippen LogP contribution in [0.1, 0.15) is 41.0 Å². The summed E-state index contributed by atoms with van der Waals surface area (Å²) in [6.07, 6.45) is 1.55. The number of rotatable bonds is 5. The van der Waals surface area contributed by atoms with Crippen LogP contribution < -0.4 is 5.32 Å². The lowest BCUT2D eigenvalue weighted by atomic mass is 10.0. The van der Waals surface area contributed by atoms with Gasteiger partial charge in [0.1, 0.15) is 0 Å². The Bertz CT molecular complexity index is 206. The predicted octanol–water partition coefficient (Wildman–Crippen LogP) is 1.87. The molecule has 16 heavy (non-hydrogen) atoms. The number of ether oxygens (including phenoxy) is 1. The first-order valence-corrected chi connectivity index (χ1v) is 6.55. The Labute approximate surface area is 101 Å². The highest BCUT2D eigenvalue weighted by atomic mass is 16.5. The molecule has 0 aromatic carbocycles. The van der Waals surface area contributed by atoms with Crippen molar-refractivity contribution in [2.75, 3.05) is 26.2 Å². The average molecular weight is 228 g/mol. The van der Waals surface area contributed by atoms with Gasteiger partial charge in [-0.3, -0.25) is 4.90 Å². The van der Waals surface area contributed by atoms with E-state index >= 15 is 0 Å². The minimum Gasteiger partial charge on any atom is -0.376 e. The topological polar surface area (TPSA) is 24.5 Å². The highest BCUT2D eigenvalue weighted by Gasteiger charge is 2.23. The molecule has 0 spiro atoms. The van der Waals surface area contributed by atoms with E-state index < -0.39 is 0 Å². The van der Waals surface area contributed by atoms with Gasteiger partial charge in [-0.1, -0.05) is 6.92 Å². The van der Waals surface area contributed by atoms with Crippen LogP contribution >= 0.6 is 0 Å². The normalized spacial score (nSPS) is 28.3. The molecule has 1 fully saturated rings. The maximum absolute atomic E-state index is 5.63. The van der Waals surface area contributed by atoms with E-state index in [1.54, 1.807) is 0 Å². The number of hydrogen-bond acceptors (Lipinski definition) is 3. The van der Waals surface area contributed by atoms with Crippen LogP contribution in [0.5, 0.6) is 0 Å². The Kier molecular flexibility index (Phi) is 5.22. The van der Waals surface area contributed by atoms with E-state index in [1.165, 1.54) is 6.42 Å². The molecule has 96 valence electrons. The summed E-state index contributed by atoms with van der Waals surface area (Å²) in [5.41, 5.74) is 0.265. The Balaban J connectivity index is 2.26. The number of nitrogens with one attached hydrogen (secondary N) is 1. The fourth-order valence-corrected chi connectivity index (χ4v) is 1.95. The summed E-state index contributed by atoms with van der Waals surface area (Å²) in [7, 11) is 0. The third kappa shape index (κ3) is 4.40. The van der Waals surface area contributed by atoms with Crippen LogP contribution in [0.2, 0.25) is 0 Å². The van der Waals surface area contributed by atoms with Crippen molar-refractivity contribution < 1.29 is 4.74 Å². The van der Waals surface area contributed by atoms with E-state index in [0.717, 1.165) is 26.2 Å². The van der Waals surface area contributed by atoms with Crippen molar-refractivity contribution in [3.63, 3.8) is 0 Å². The molecule has 1 saturated heterocycles. The number of morpholine rings is 1. The molecule has 3 nitrogen and oxygen atoms in total. The van der Waals surface area contributed by atoms with Crippen molar-refractivity contribution >= 4 is 0 Å². The molecular formula is C13H28N2O. The molecule has 0 amide bonds. The Morgan fingerprint density at radius 1 is 1.38 bits per heavy atom. The van der Waals surface area contributed by atoms with Gasteiger partial charge in [0.05, 0.1) is 12.7 Å². The van der Waals surface area contributed by atoms with Crippen molar-refractivity contribution in [1.29, 1.82) is 0 Å². The van der Waals surface area contributed by atoms with Gasteiger partial charge in [-0.05, 0) is 34.1 Å². The molecule has 1 aliphatic rings. The molecule has 0 saturated carbocycles. The van der Waals surface area contributed by atoms with Crippen molar-refractivity contribution in [2.24, 2.45) is 0 Å². The van der Waals surface area contributed by atoms with Gasteiger partial charge in [-0.2, -0.15) is 0 Å². The third-order valence-electron chi connectivity index (χ3n) is 3.62. The Hall–Kier alpha value is -0.120. The molecule has 0 aromatic rings. The number of nitrogens with zero attached hydrogens (tertiary/aromatic N) is 1. The lowest BCUT2D eigenvalue weighted by Crippen LogP contribution is -2.51. The zero-order valence-corrected chi connectivity index (χ0v) is 11.5. The quantitative estimate of drug-likeness (QED) is 0.777. The van der Waals surface area contributed by atoms with E-state index in [0.29, 0.717) is 12.1 Å². The van der Waals surface area contributed by atoms with Crippen LogP contribution in [0.15, 0.2) is 0 Å². The average Bonchev–Trinajstić information content (AvgIpc) is 2.23. The van der Waals surface area contributed by atoms with E-state index in [4.69, 9.17) is 4.74 Å². The molecule has 1 N–H and O–H groups in total. The lowest BCUT2D eigenvalue weighted by molar-refractivity contribution is -0.0490. The zero-order valence-electron chi connectivity index (χ0n) is 11.5. The largest absolute Gasteiger partial charge is 0.376 e. The van der Waals surface area contributed by atoms with Gasteiger partial charge < -0.3 is 10.1 Å². The molecule has 0 radical (unpaired) electrons. The highest BCUT2D eigenvalue weighted by Crippen LogP contribution is 2.11. The van der Waals surface area contributed by atoms with Gasteiger partial charge in [-0.25, -0.2) is 0 Å². The Morgan fingerprint density at radius 2 is 2.06 bits per heavy atom. The molecule has 2 atom stereocenters. The summed E-state index contributed by atoms with van der Waals surface area (Å²) in [5.74, 6) is 0. The minimum atomic E-state index is 0.265. The first-order chi connectivity index (χ1) is 7.44. The van der Waals surface area contributed by atoms with Crippen LogP contribution in [-0.4, -0.2) is 48.8 Å². The lowest BCUT2D eigenvalue weighted by Gasteiger charge is -2.37. The second-order valence-electron chi connectivity index (χ2n) is 5.65. The molecule has 0 aromatic heterocycles. The summed E-state index contributed by atoms with van der Waals surface area (Å²) in [6.45, 7) is 15.3. The van der Waals surface area contributed by atoms with E-state index in [1.807, 2.05) is 0 Å². The zero-order chi connectivity index (χ0) is 12.2. The second-order valence-corrected chi connectivity index (χ2v) is 5.65. The maximum atomic E-state index is 5.63. The second kappa shape index (κ2) is 5.99. The van der Waals surface area contributed by atoms with Crippen molar-refractivity contribution in [3.8, 4) is 0 Å². The third-order valence-corrected chi connectivity index (χ3v) is 3.62. The standard InChI is InChI=1S/C13H28N2O/c1-6-13(4,5)14-7-8-15-9-12(3)16-10-11(15)2/h11-12,14H,6-10H2,1-5H3. The molecule has 0 aliphatic carbocycles. The predicted molar refractivity (Wildman–Crippen MR) is 68.8 cm³/mol. The van der Waals surface area contributed by atoms with E-state index in [9.17, 15) is 0 Å². The fourth-order valence-electron chi connectivity index (χ4n) is 1.95. The van der Waals surface area contributed by atoms with Crippen molar-refractivity contribution in [2.45, 2.75) is 58.7 Å². The van der Waals surface area contributed by atoms with Gasteiger partial charge in [0.2, 0.25) is 0 Å². The molecular weight excluding hydrogens is 200 g/mol. The molecule has 1 rings (SSSR count).